The van der Waals surface area contributed by atoms with Crippen LogP contribution in [-0.2, 0) is 0 Å². The molecule has 0 fully saturated rings. The van der Waals surface area contributed by atoms with Crippen molar-refractivity contribution < 1.29 is 0 Å². The van der Waals surface area contributed by atoms with Crippen LogP contribution in [0.5, 0.6) is 0 Å². The van der Waals surface area contributed by atoms with E-state index in [1.165, 1.54) is 17.6 Å². The Morgan fingerprint density at radius 1 is 0.800 bits per heavy atom. The van der Waals surface area contributed by atoms with Crippen LogP contribution in [0.3, 0.4) is 0 Å². The predicted octanol–water partition coefficient (Wildman–Crippen LogP) is 2.68. The minimum atomic E-state index is 0. The molecule has 10 heavy (non-hydrogen) atoms. The average Bonchev–Trinajstić information content (AvgIpc) is 1.98. The van der Waals surface area contributed by atoms with Crippen molar-refractivity contribution >= 4 is 51.4 Å². The molecule has 1 radical (unpaired) electrons. The molecule has 0 aromatic heterocycles. The smallest absolute Gasteiger partial charge is 0 e. The summed E-state index contributed by atoms with van der Waals surface area (Å²) in [5, 5.41) is 0. The third-order valence-corrected chi connectivity index (χ3v) is 2.37. The summed E-state index contributed by atoms with van der Waals surface area (Å²) in [5.74, 6) is 0. The molecule has 0 aliphatic heterocycles. The van der Waals surface area contributed by atoms with Gasteiger partial charge in [-0.25, -0.2) is 0 Å². The average molecular weight is 161 g/mol. The zero-order valence-electron chi connectivity index (χ0n) is 7.71. The fourth-order valence-corrected chi connectivity index (χ4v) is 1.30. The first kappa shape index (κ1) is 11.1. The Kier molecular flexibility index (Phi) is 4.69. The van der Waals surface area contributed by atoms with Gasteiger partial charge < -0.3 is 0 Å². The fourth-order valence-electron chi connectivity index (χ4n) is 1.30. The van der Waals surface area contributed by atoms with Gasteiger partial charge in [0.2, 0.25) is 0 Å². The van der Waals surface area contributed by atoms with E-state index in [4.69, 9.17) is 0 Å². The van der Waals surface area contributed by atoms with Crippen LogP contribution in [-0.4, -0.2) is 51.4 Å². The molecule has 1 aliphatic carbocycles. The van der Waals surface area contributed by atoms with Crippen LogP contribution < -0.4 is 0 Å². The number of allylic oxidation sites excluding steroid dienone is 4. The molecule has 0 saturated heterocycles. The summed E-state index contributed by atoms with van der Waals surface area (Å²) in [5.41, 5.74) is 6.11. The molecule has 0 amide bonds. The van der Waals surface area contributed by atoms with Gasteiger partial charge >= 0.3 is 0 Å². The van der Waals surface area contributed by atoms with E-state index in [1.54, 1.807) is 11.1 Å². The van der Waals surface area contributed by atoms with E-state index in [9.17, 15) is 0 Å². The van der Waals surface area contributed by atoms with Gasteiger partial charge in [-0.1, -0.05) is 11.1 Å². The maximum atomic E-state index is 2.22. The van der Waals surface area contributed by atoms with Crippen LogP contribution in [0.1, 0.15) is 34.1 Å². The summed E-state index contributed by atoms with van der Waals surface area (Å²) < 4.78 is 0. The summed E-state index contributed by atoms with van der Waals surface area (Å²) in [6.45, 7) is 8.85. The summed E-state index contributed by atoms with van der Waals surface area (Å²) in [4.78, 5) is 0. The normalized spacial score (nSPS) is 18.0. The molecule has 0 unspecified atom stereocenters. The van der Waals surface area contributed by atoms with E-state index in [0.29, 0.717) is 0 Å². The van der Waals surface area contributed by atoms with Gasteiger partial charge in [0.15, 0.2) is 0 Å². The molecular formula is C9H14K. The molecule has 1 rings (SSSR count). The second kappa shape index (κ2) is 4.22. The van der Waals surface area contributed by atoms with Crippen molar-refractivity contribution in [1.29, 1.82) is 0 Å². The van der Waals surface area contributed by atoms with Gasteiger partial charge in [-0.3, -0.25) is 0 Å². The first-order valence-electron chi connectivity index (χ1n) is 3.46. The zero-order chi connectivity index (χ0) is 7.02. The standard InChI is InChI=1S/C9H14.K/c1-6-5-7(2)9(4)8(6)3;/h5H2,1-4H3;. The largest absolute Gasteiger partial charge is 0.0661 e. The minimum Gasteiger partial charge on any atom is -0.0661 e. The van der Waals surface area contributed by atoms with Gasteiger partial charge in [-0.15, -0.1) is 0 Å². The topological polar surface area (TPSA) is 0 Å². The number of rotatable bonds is 0. The molecule has 1 aliphatic rings. The molecule has 0 atom stereocenters. The molecule has 0 aromatic rings. The van der Waals surface area contributed by atoms with Gasteiger partial charge in [0.05, 0.1) is 0 Å². The van der Waals surface area contributed by atoms with Gasteiger partial charge in [0.25, 0.3) is 0 Å². The van der Waals surface area contributed by atoms with Crippen molar-refractivity contribution in [2.75, 3.05) is 0 Å². The van der Waals surface area contributed by atoms with E-state index in [1.807, 2.05) is 0 Å². The Hall–Kier alpha value is 1.12. The van der Waals surface area contributed by atoms with E-state index >= 15 is 0 Å². The Labute approximate surface area is 106 Å². The zero-order valence-corrected chi connectivity index (χ0v) is 10.8. The van der Waals surface area contributed by atoms with Crippen molar-refractivity contribution in [3.8, 4) is 0 Å². The van der Waals surface area contributed by atoms with Crippen LogP contribution in [0.15, 0.2) is 22.3 Å². The third kappa shape index (κ3) is 2.05. The summed E-state index contributed by atoms with van der Waals surface area (Å²) in [6, 6.07) is 0. The quantitative estimate of drug-likeness (QED) is 0.479. The third-order valence-electron chi connectivity index (χ3n) is 2.37. The maximum absolute atomic E-state index is 2.22. The number of hydrogen-bond acceptors (Lipinski definition) is 0. The molecule has 0 aromatic carbocycles. The van der Waals surface area contributed by atoms with E-state index in [0.717, 1.165) is 0 Å². The van der Waals surface area contributed by atoms with Gasteiger partial charge in [-0.2, -0.15) is 0 Å². The Morgan fingerprint density at radius 3 is 1.20 bits per heavy atom. The van der Waals surface area contributed by atoms with Crippen molar-refractivity contribution in [3.63, 3.8) is 0 Å². The van der Waals surface area contributed by atoms with Crippen molar-refractivity contribution in [3.05, 3.63) is 22.3 Å². The molecule has 0 spiro atoms. The molecule has 1 heteroatoms. The first-order chi connectivity index (χ1) is 4.13. The molecule has 0 N–H and O–H groups in total. The van der Waals surface area contributed by atoms with Gasteiger partial charge in [0.1, 0.15) is 0 Å². The van der Waals surface area contributed by atoms with E-state index in [-0.39, 0.29) is 51.4 Å². The van der Waals surface area contributed by atoms with Gasteiger partial charge in [0, 0.05) is 51.4 Å². The molecule has 0 bridgehead atoms. The molecule has 51 valence electrons. The minimum absolute atomic E-state index is 0. The van der Waals surface area contributed by atoms with Crippen LogP contribution >= 0.6 is 0 Å². The Bertz CT molecular complexity index is 175. The molecule has 0 heterocycles. The number of hydrogen-bond donors (Lipinski definition) is 0. The predicted molar refractivity (Wildman–Crippen MR) is 47.1 cm³/mol. The van der Waals surface area contributed by atoms with E-state index in [2.05, 4.69) is 27.7 Å². The van der Waals surface area contributed by atoms with Crippen molar-refractivity contribution in [2.45, 2.75) is 34.1 Å². The second-order valence-corrected chi connectivity index (χ2v) is 2.99. The summed E-state index contributed by atoms with van der Waals surface area (Å²) >= 11 is 0. The molecule has 0 saturated carbocycles. The molecular weight excluding hydrogens is 147 g/mol. The fraction of sp³-hybridized carbons (Fsp3) is 0.556. The van der Waals surface area contributed by atoms with Gasteiger partial charge in [-0.05, 0) is 45.3 Å². The van der Waals surface area contributed by atoms with Crippen LogP contribution in [0.2, 0.25) is 0 Å². The summed E-state index contributed by atoms with van der Waals surface area (Å²) in [7, 11) is 0. The van der Waals surface area contributed by atoms with Crippen molar-refractivity contribution in [1.82, 2.24) is 0 Å². The SMILES string of the molecule is CC1=C(C)C(C)=C(C)C1.[K]. The van der Waals surface area contributed by atoms with Crippen LogP contribution in [0, 0.1) is 0 Å². The molecule has 0 nitrogen and oxygen atoms in total. The van der Waals surface area contributed by atoms with Crippen LogP contribution in [0.4, 0.5) is 0 Å². The monoisotopic (exact) mass is 161 g/mol. The second-order valence-electron chi connectivity index (χ2n) is 2.99. The summed E-state index contributed by atoms with van der Waals surface area (Å²) in [6.07, 6.45) is 1.21. The first-order valence-corrected chi connectivity index (χ1v) is 3.46. The maximum Gasteiger partial charge on any atom is 0 e. The Balaban J connectivity index is 0.000000810. The van der Waals surface area contributed by atoms with Crippen LogP contribution in [0.25, 0.3) is 0 Å². The van der Waals surface area contributed by atoms with E-state index < -0.39 is 0 Å². The van der Waals surface area contributed by atoms with Crippen molar-refractivity contribution in [2.24, 2.45) is 0 Å². The Morgan fingerprint density at radius 2 is 1.10 bits per heavy atom.